The largest absolute Gasteiger partial charge is 0.361 e. The van der Waals surface area contributed by atoms with Crippen molar-refractivity contribution in [2.45, 2.75) is 45.7 Å². The molecule has 0 unspecified atom stereocenters. The number of hydrogen-bond acceptors (Lipinski definition) is 4. The first kappa shape index (κ1) is 18.0. The predicted molar refractivity (Wildman–Crippen MR) is 97.6 cm³/mol. The summed E-state index contributed by atoms with van der Waals surface area (Å²) >= 11 is 5.93. The Bertz CT molecular complexity index is 699. The lowest BCUT2D eigenvalue weighted by atomic mass is 10.0. The van der Waals surface area contributed by atoms with Crippen LogP contribution in [0.2, 0.25) is 5.02 Å². The van der Waals surface area contributed by atoms with Gasteiger partial charge in [0.15, 0.2) is 0 Å². The molecular formula is C19H24ClN3O2. The second-order valence-electron chi connectivity index (χ2n) is 6.72. The van der Waals surface area contributed by atoms with E-state index in [9.17, 15) is 4.79 Å². The van der Waals surface area contributed by atoms with Gasteiger partial charge in [-0.15, -0.1) is 0 Å². The molecule has 0 atom stereocenters. The number of carbonyl (C=O) groups is 1. The lowest BCUT2D eigenvalue weighted by Gasteiger charge is -2.32. The molecule has 0 radical (unpaired) electrons. The van der Waals surface area contributed by atoms with Crippen molar-refractivity contribution in [1.29, 1.82) is 0 Å². The summed E-state index contributed by atoms with van der Waals surface area (Å²) in [4.78, 5) is 14.7. The van der Waals surface area contributed by atoms with E-state index in [1.165, 1.54) is 5.56 Å². The molecule has 1 fully saturated rings. The highest BCUT2D eigenvalue weighted by Gasteiger charge is 2.22. The maximum absolute atomic E-state index is 12.3. The van der Waals surface area contributed by atoms with Crippen LogP contribution in [0.15, 0.2) is 28.8 Å². The monoisotopic (exact) mass is 361 g/mol. The van der Waals surface area contributed by atoms with E-state index in [2.05, 4.69) is 27.5 Å². The van der Waals surface area contributed by atoms with Gasteiger partial charge in [-0.05, 0) is 44.4 Å². The number of carbonyl (C=O) groups excluding carboxylic acids is 1. The van der Waals surface area contributed by atoms with E-state index in [0.717, 1.165) is 54.5 Å². The maximum atomic E-state index is 12.3. The predicted octanol–water partition coefficient (Wildman–Crippen LogP) is 3.27. The summed E-state index contributed by atoms with van der Waals surface area (Å²) in [6, 6.07) is 8.24. The summed E-state index contributed by atoms with van der Waals surface area (Å²) in [5, 5.41) is 7.82. The minimum absolute atomic E-state index is 0.0468. The first-order chi connectivity index (χ1) is 12.0. The highest BCUT2D eigenvalue weighted by Crippen LogP contribution is 2.17. The van der Waals surface area contributed by atoms with Gasteiger partial charge in [-0.25, -0.2) is 0 Å². The van der Waals surface area contributed by atoms with Crippen LogP contribution in [0, 0.1) is 13.8 Å². The van der Waals surface area contributed by atoms with E-state index in [1.807, 2.05) is 26.0 Å². The summed E-state index contributed by atoms with van der Waals surface area (Å²) < 4.78 is 5.12. The van der Waals surface area contributed by atoms with Gasteiger partial charge in [0.2, 0.25) is 5.91 Å². The lowest BCUT2D eigenvalue weighted by molar-refractivity contribution is -0.121. The van der Waals surface area contributed by atoms with Crippen LogP contribution >= 0.6 is 11.6 Å². The number of amides is 1. The van der Waals surface area contributed by atoms with Crippen LogP contribution in [0.5, 0.6) is 0 Å². The van der Waals surface area contributed by atoms with Gasteiger partial charge in [-0.2, -0.15) is 0 Å². The molecule has 0 saturated carbocycles. The van der Waals surface area contributed by atoms with Gasteiger partial charge < -0.3 is 9.84 Å². The van der Waals surface area contributed by atoms with E-state index < -0.39 is 0 Å². The van der Waals surface area contributed by atoms with Crippen molar-refractivity contribution < 1.29 is 9.32 Å². The van der Waals surface area contributed by atoms with Crippen molar-refractivity contribution in [2.24, 2.45) is 0 Å². The SMILES string of the molecule is Cc1noc(C)c1CC(=O)NC1CCN(Cc2ccc(Cl)cc2)CC1. The molecule has 6 heteroatoms. The van der Waals surface area contributed by atoms with Crippen molar-refractivity contribution in [1.82, 2.24) is 15.4 Å². The molecule has 3 rings (SSSR count). The molecule has 0 aliphatic carbocycles. The van der Waals surface area contributed by atoms with E-state index in [4.69, 9.17) is 16.1 Å². The van der Waals surface area contributed by atoms with Crippen LogP contribution in [-0.4, -0.2) is 35.1 Å². The molecule has 134 valence electrons. The zero-order valence-corrected chi connectivity index (χ0v) is 15.5. The van der Waals surface area contributed by atoms with Gasteiger partial charge in [-0.3, -0.25) is 9.69 Å². The Morgan fingerprint density at radius 3 is 2.56 bits per heavy atom. The Morgan fingerprint density at radius 1 is 1.28 bits per heavy atom. The third-order valence-corrected chi connectivity index (χ3v) is 5.04. The van der Waals surface area contributed by atoms with E-state index in [0.29, 0.717) is 6.42 Å². The summed E-state index contributed by atoms with van der Waals surface area (Å²) in [6.07, 6.45) is 2.29. The molecule has 1 aromatic heterocycles. The molecule has 1 N–H and O–H groups in total. The molecule has 1 amide bonds. The number of nitrogens with one attached hydrogen (secondary N) is 1. The fraction of sp³-hybridized carbons (Fsp3) is 0.474. The third kappa shape index (κ3) is 4.83. The lowest BCUT2D eigenvalue weighted by Crippen LogP contribution is -2.44. The molecule has 1 aliphatic heterocycles. The number of rotatable bonds is 5. The van der Waals surface area contributed by atoms with Crippen LogP contribution in [0.3, 0.4) is 0 Å². The molecule has 25 heavy (non-hydrogen) atoms. The summed E-state index contributed by atoms with van der Waals surface area (Å²) in [5.41, 5.74) is 2.97. The Kier molecular flexibility index (Phi) is 5.76. The van der Waals surface area contributed by atoms with Crippen molar-refractivity contribution in [3.05, 3.63) is 51.9 Å². The summed E-state index contributed by atoms with van der Waals surface area (Å²) in [6.45, 7) is 6.61. The Balaban J connectivity index is 1.44. The zero-order chi connectivity index (χ0) is 17.8. The number of aryl methyl sites for hydroxylation is 2. The number of halogens is 1. The summed E-state index contributed by atoms with van der Waals surface area (Å²) in [7, 11) is 0. The van der Waals surface area contributed by atoms with Crippen molar-refractivity contribution >= 4 is 17.5 Å². The normalized spacial score (nSPS) is 16.1. The van der Waals surface area contributed by atoms with Gasteiger partial charge in [-0.1, -0.05) is 28.9 Å². The number of nitrogens with zero attached hydrogens (tertiary/aromatic N) is 2. The minimum atomic E-state index is 0.0468. The Morgan fingerprint density at radius 2 is 1.96 bits per heavy atom. The van der Waals surface area contributed by atoms with E-state index in [-0.39, 0.29) is 11.9 Å². The standard InChI is InChI=1S/C19H24ClN3O2/c1-13-18(14(2)25-22-13)11-19(24)21-17-7-9-23(10-8-17)12-15-3-5-16(20)6-4-15/h3-6,17H,7-12H2,1-2H3,(H,21,24). The number of hydrogen-bond donors (Lipinski definition) is 1. The first-order valence-electron chi connectivity index (χ1n) is 8.69. The summed E-state index contributed by atoms with van der Waals surface area (Å²) in [5.74, 6) is 0.774. The molecule has 1 saturated heterocycles. The fourth-order valence-electron chi connectivity index (χ4n) is 3.28. The first-order valence-corrected chi connectivity index (χ1v) is 9.07. The highest BCUT2D eigenvalue weighted by molar-refractivity contribution is 6.30. The smallest absolute Gasteiger partial charge is 0.224 e. The molecular weight excluding hydrogens is 338 g/mol. The van der Waals surface area contributed by atoms with Gasteiger partial charge in [0, 0.05) is 36.3 Å². The van der Waals surface area contributed by atoms with Crippen molar-refractivity contribution in [3.63, 3.8) is 0 Å². The Labute approximate surface area is 153 Å². The average Bonchev–Trinajstić information content (AvgIpc) is 2.90. The average molecular weight is 362 g/mol. The van der Waals surface area contributed by atoms with Crippen LogP contribution in [0.1, 0.15) is 35.4 Å². The van der Waals surface area contributed by atoms with Crippen molar-refractivity contribution in [2.75, 3.05) is 13.1 Å². The molecule has 1 aliphatic rings. The molecule has 2 heterocycles. The highest BCUT2D eigenvalue weighted by atomic mass is 35.5. The van der Waals surface area contributed by atoms with Crippen LogP contribution in [0.4, 0.5) is 0 Å². The molecule has 5 nitrogen and oxygen atoms in total. The second-order valence-corrected chi connectivity index (χ2v) is 7.16. The zero-order valence-electron chi connectivity index (χ0n) is 14.7. The fourth-order valence-corrected chi connectivity index (χ4v) is 3.40. The molecule has 1 aromatic carbocycles. The number of piperidine rings is 1. The second kappa shape index (κ2) is 8.02. The third-order valence-electron chi connectivity index (χ3n) is 4.79. The number of likely N-dealkylation sites (tertiary alicyclic amines) is 1. The number of benzene rings is 1. The van der Waals surface area contributed by atoms with Gasteiger partial charge in [0.25, 0.3) is 0 Å². The molecule has 0 spiro atoms. The van der Waals surface area contributed by atoms with Crippen LogP contribution < -0.4 is 5.32 Å². The van der Waals surface area contributed by atoms with Gasteiger partial charge in [0.05, 0.1) is 12.1 Å². The van der Waals surface area contributed by atoms with Crippen molar-refractivity contribution in [3.8, 4) is 0 Å². The van der Waals surface area contributed by atoms with Crippen LogP contribution in [0.25, 0.3) is 0 Å². The van der Waals surface area contributed by atoms with E-state index >= 15 is 0 Å². The molecule has 2 aromatic rings. The molecule has 0 bridgehead atoms. The Hall–Kier alpha value is -1.85. The minimum Gasteiger partial charge on any atom is -0.361 e. The van der Waals surface area contributed by atoms with Crippen LogP contribution in [-0.2, 0) is 17.8 Å². The topological polar surface area (TPSA) is 58.4 Å². The maximum Gasteiger partial charge on any atom is 0.224 e. The number of aromatic nitrogens is 1. The van der Waals surface area contributed by atoms with E-state index in [1.54, 1.807) is 0 Å². The quantitative estimate of drug-likeness (QED) is 0.888. The van der Waals surface area contributed by atoms with Gasteiger partial charge >= 0.3 is 0 Å². The van der Waals surface area contributed by atoms with Gasteiger partial charge in [0.1, 0.15) is 5.76 Å².